The van der Waals surface area contributed by atoms with Gasteiger partial charge in [-0.2, -0.15) is 0 Å². The average molecular weight is 433 g/mol. The topological polar surface area (TPSA) is 58.6 Å². The van der Waals surface area contributed by atoms with Crippen LogP contribution < -0.4 is 10.1 Å². The maximum atomic E-state index is 12.7. The molecule has 0 spiro atoms. The normalized spacial score (nSPS) is 15.7. The third kappa shape index (κ3) is 5.09. The first-order chi connectivity index (χ1) is 15.1. The van der Waals surface area contributed by atoms with E-state index in [4.69, 9.17) is 4.74 Å². The predicted octanol–water partition coefficient (Wildman–Crippen LogP) is 5.11. The number of carbonyl (C=O) groups excluding carboxylic acids is 2. The van der Waals surface area contributed by atoms with Crippen molar-refractivity contribution in [2.75, 3.05) is 17.7 Å². The molecule has 1 unspecified atom stereocenters. The van der Waals surface area contributed by atoms with E-state index >= 15 is 0 Å². The maximum Gasteiger partial charge on any atom is 0.255 e. The van der Waals surface area contributed by atoms with Crippen LogP contribution in [-0.4, -0.2) is 29.1 Å². The van der Waals surface area contributed by atoms with E-state index in [-0.39, 0.29) is 17.2 Å². The van der Waals surface area contributed by atoms with Gasteiger partial charge in [0.2, 0.25) is 5.91 Å². The summed E-state index contributed by atoms with van der Waals surface area (Å²) in [4.78, 5) is 27.0. The van der Waals surface area contributed by atoms with Crippen LogP contribution >= 0.6 is 11.8 Å². The summed E-state index contributed by atoms with van der Waals surface area (Å²) < 4.78 is 5.48. The van der Waals surface area contributed by atoms with Gasteiger partial charge in [-0.25, -0.2) is 0 Å². The number of anilines is 1. The zero-order valence-corrected chi connectivity index (χ0v) is 18.1. The number of nitrogens with one attached hydrogen (secondary N) is 1. The molecule has 1 atom stereocenters. The van der Waals surface area contributed by atoms with E-state index < -0.39 is 0 Å². The van der Waals surface area contributed by atoms with Crippen LogP contribution in [0.4, 0.5) is 5.69 Å². The van der Waals surface area contributed by atoms with Gasteiger partial charge in [-0.3, -0.25) is 9.59 Å². The Kier molecular flexibility index (Phi) is 6.57. The van der Waals surface area contributed by atoms with Crippen molar-refractivity contribution in [3.63, 3.8) is 0 Å². The highest BCUT2D eigenvalue weighted by Gasteiger charge is 2.32. The number of rotatable bonds is 7. The van der Waals surface area contributed by atoms with Crippen LogP contribution in [0.1, 0.15) is 33.8 Å². The second-order valence-electron chi connectivity index (χ2n) is 7.21. The van der Waals surface area contributed by atoms with Crippen molar-refractivity contribution in [2.45, 2.75) is 18.8 Å². The molecule has 1 heterocycles. The van der Waals surface area contributed by atoms with Crippen LogP contribution in [0.25, 0.3) is 0 Å². The van der Waals surface area contributed by atoms with Gasteiger partial charge in [0.05, 0.1) is 12.4 Å². The standard InChI is InChI=1S/C25H24N2O3S/c1-2-30-22-10-6-9-21(15-22)26-24(29)19-11-13-20(14-12-19)25-27(23(28)17-31-25)16-18-7-4-3-5-8-18/h3-15,25H,2,16-17H2,1H3,(H,26,29). The van der Waals surface area contributed by atoms with Crippen LogP contribution in [0.5, 0.6) is 5.75 Å². The van der Waals surface area contributed by atoms with Crippen molar-refractivity contribution in [2.24, 2.45) is 0 Å². The average Bonchev–Trinajstić information content (AvgIpc) is 3.15. The monoisotopic (exact) mass is 432 g/mol. The third-order valence-electron chi connectivity index (χ3n) is 5.02. The Morgan fingerprint density at radius 3 is 2.58 bits per heavy atom. The van der Waals surface area contributed by atoms with Gasteiger partial charge in [-0.15, -0.1) is 11.8 Å². The SMILES string of the molecule is CCOc1cccc(NC(=O)c2ccc(C3SCC(=O)N3Cc3ccccc3)cc2)c1. The number of benzene rings is 3. The third-order valence-corrected chi connectivity index (χ3v) is 6.28. The smallest absolute Gasteiger partial charge is 0.255 e. The summed E-state index contributed by atoms with van der Waals surface area (Å²) in [5.74, 6) is 1.14. The van der Waals surface area contributed by atoms with Crippen molar-refractivity contribution in [3.8, 4) is 5.75 Å². The molecule has 0 aromatic heterocycles. The second-order valence-corrected chi connectivity index (χ2v) is 8.28. The molecule has 0 saturated carbocycles. The molecule has 1 N–H and O–H groups in total. The van der Waals surface area contributed by atoms with Gasteiger partial charge in [-0.05, 0) is 42.3 Å². The number of carbonyl (C=O) groups is 2. The number of hydrogen-bond donors (Lipinski definition) is 1. The highest BCUT2D eigenvalue weighted by Crippen LogP contribution is 2.39. The number of ether oxygens (including phenoxy) is 1. The first kappa shape index (κ1) is 21.0. The zero-order valence-electron chi connectivity index (χ0n) is 17.3. The Hall–Kier alpha value is -3.25. The van der Waals surface area contributed by atoms with E-state index in [0.29, 0.717) is 30.2 Å². The molecule has 0 radical (unpaired) electrons. The van der Waals surface area contributed by atoms with E-state index in [1.807, 2.05) is 72.5 Å². The molecule has 2 amide bonds. The fraction of sp³-hybridized carbons (Fsp3) is 0.200. The lowest BCUT2D eigenvalue weighted by atomic mass is 10.1. The second kappa shape index (κ2) is 9.71. The largest absolute Gasteiger partial charge is 0.494 e. The van der Waals surface area contributed by atoms with Crippen LogP contribution in [0.15, 0.2) is 78.9 Å². The Morgan fingerprint density at radius 1 is 1.06 bits per heavy atom. The van der Waals surface area contributed by atoms with Crippen molar-refractivity contribution in [3.05, 3.63) is 95.6 Å². The molecule has 0 bridgehead atoms. The predicted molar refractivity (Wildman–Crippen MR) is 124 cm³/mol. The number of amides is 2. The molecule has 3 aromatic carbocycles. The molecule has 158 valence electrons. The van der Waals surface area contributed by atoms with Crippen molar-refractivity contribution in [1.82, 2.24) is 4.90 Å². The van der Waals surface area contributed by atoms with E-state index in [0.717, 1.165) is 16.9 Å². The Morgan fingerprint density at radius 2 is 1.84 bits per heavy atom. The number of thioether (sulfide) groups is 1. The molecule has 31 heavy (non-hydrogen) atoms. The van der Waals surface area contributed by atoms with E-state index in [1.165, 1.54) is 0 Å². The molecule has 5 nitrogen and oxygen atoms in total. The summed E-state index contributed by atoms with van der Waals surface area (Å²) in [6.45, 7) is 3.07. The highest BCUT2D eigenvalue weighted by atomic mass is 32.2. The fourth-order valence-corrected chi connectivity index (χ4v) is 4.70. The molecule has 6 heteroatoms. The van der Waals surface area contributed by atoms with Crippen molar-refractivity contribution in [1.29, 1.82) is 0 Å². The van der Waals surface area contributed by atoms with E-state index in [9.17, 15) is 9.59 Å². The fourth-order valence-electron chi connectivity index (χ4n) is 3.51. The van der Waals surface area contributed by atoms with Crippen molar-refractivity contribution < 1.29 is 14.3 Å². The van der Waals surface area contributed by atoms with Gasteiger partial charge in [0.25, 0.3) is 5.91 Å². The minimum Gasteiger partial charge on any atom is -0.494 e. The zero-order chi connectivity index (χ0) is 21.6. The summed E-state index contributed by atoms with van der Waals surface area (Å²) in [5.41, 5.74) is 3.37. The molecule has 1 saturated heterocycles. The Labute approximate surface area is 186 Å². The molecule has 1 aliphatic rings. The van der Waals surface area contributed by atoms with Crippen LogP contribution in [-0.2, 0) is 11.3 Å². The van der Waals surface area contributed by atoms with Crippen LogP contribution in [0.3, 0.4) is 0 Å². The van der Waals surface area contributed by atoms with Crippen LogP contribution in [0.2, 0.25) is 0 Å². The van der Waals surface area contributed by atoms with E-state index in [1.54, 1.807) is 30.0 Å². The summed E-state index contributed by atoms with van der Waals surface area (Å²) in [7, 11) is 0. The quantitative estimate of drug-likeness (QED) is 0.564. The molecule has 0 aliphatic carbocycles. The molecular formula is C25H24N2O3S. The lowest BCUT2D eigenvalue weighted by Gasteiger charge is -2.24. The van der Waals surface area contributed by atoms with Crippen LogP contribution in [0, 0.1) is 0 Å². The lowest BCUT2D eigenvalue weighted by molar-refractivity contribution is -0.128. The van der Waals surface area contributed by atoms with Gasteiger partial charge in [0.15, 0.2) is 0 Å². The summed E-state index contributed by atoms with van der Waals surface area (Å²) >= 11 is 1.62. The molecule has 1 fully saturated rings. The van der Waals surface area contributed by atoms with Gasteiger partial charge in [0, 0.05) is 23.9 Å². The maximum absolute atomic E-state index is 12.7. The Bertz CT molecular complexity index is 1050. The molecule has 4 rings (SSSR count). The summed E-state index contributed by atoms with van der Waals surface area (Å²) in [6, 6.07) is 24.8. The summed E-state index contributed by atoms with van der Waals surface area (Å²) in [6.07, 6.45) is 0. The van der Waals surface area contributed by atoms with Gasteiger partial charge in [-0.1, -0.05) is 48.5 Å². The number of hydrogen-bond acceptors (Lipinski definition) is 4. The van der Waals surface area contributed by atoms with Gasteiger partial charge < -0.3 is 15.0 Å². The van der Waals surface area contributed by atoms with E-state index in [2.05, 4.69) is 5.32 Å². The minimum atomic E-state index is -0.184. The molecular weight excluding hydrogens is 408 g/mol. The lowest BCUT2D eigenvalue weighted by Crippen LogP contribution is -2.27. The first-order valence-corrected chi connectivity index (χ1v) is 11.3. The first-order valence-electron chi connectivity index (χ1n) is 10.2. The molecule has 3 aromatic rings. The molecule has 1 aliphatic heterocycles. The van der Waals surface area contributed by atoms with Crippen molar-refractivity contribution >= 4 is 29.3 Å². The number of nitrogens with zero attached hydrogens (tertiary/aromatic N) is 1. The van der Waals surface area contributed by atoms with Gasteiger partial charge >= 0.3 is 0 Å². The van der Waals surface area contributed by atoms with Gasteiger partial charge in [0.1, 0.15) is 11.1 Å². The minimum absolute atomic E-state index is 0.0484. The highest BCUT2D eigenvalue weighted by molar-refractivity contribution is 8.00. The Balaban J connectivity index is 1.45. The summed E-state index contributed by atoms with van der Waals surface area (Å²) in [5, 5.41) is 2.86.